The number of aromatic nitrogens is 2. The first-order valence-electron chi connectivity index (χ1n) is 5.32. The highest BCUT2D eigenvalue weighted by molar-refractivity contribution is 5.75. The molecule has 96 valence electrons. The van der Waals surface area contributed by atoms with E-state index in [1.54, 1.807) is 18.5 Å². The first kappa shape index (κ1) is 13.6. The number of aliphatic carboxylic acids is 1. The second-order valence-corrected chi connectivity index (χ2v) is 4.37. The van der Waals surface area contributed by atoms with Crippen LogP contribution in [0, 0.1) is 13.8 Å². The van der Waals surface area contributed by atoms with Crippen molar-refractivity contribution in [1.29, 1.82) is 0 Å². The highest BCUT2D eigenvalue weighted by atomic mass is 19.3. The molecular weight excluding hydrogens is 230 g/mol. The molecule has 0 saturated heterocycles. The quantitative estimate of drug-likeness (QED) is 0.887. The lowest BCUT2D eigenvalue weighted by Crippen LogP contribution is -2.31. The van der Waals surface area contributed by atoms with Crippen LogP contribution in [-0.4, -0.2) is 26.8 Å². The van der Waals surface area contributed by atoms with E-state index in [4.69, 9.17) is 5.11 Å². The molecule has 1 aromatic heterocycles. The fraction of sp³-hybridized carbons (Fsp3) is 0.636. The van der Waals surface area contributed by atoms with Crippen molar-refractivity contribution in [2.45, 2.75) is 46.1 Å². The van der Waals surface area contributed by atoms with Gasteiger partial charge >= 0.3 is 11.9 Å². The number of alkyl halides is 2. The molecule has 1 aromatic rings. The van der Waals surface area contributed by atoms with Crippen molar-refractivity contribution >= 4 is 5.97 Å². The van der Waals surface area contributed by atoms with Gasteiger partial charge in [0.1, 0.15) is 0 Å². The summed E-state index contributed by atoms with van der Waals surface area (Å²) < 4.78 is 28.0. The maximum atomic E-state index is 13.2. The summed E-state index contributed by atoms with van der Waals surface area (Å²) in [4.78, 5) is 10.4. The van der Waals surface area contributed by atoms with Gasteiger partial charge in [-0.05, 0) is 27.7 Å². The Hall–Kier alpha value is -1.46. The first-order valence-corrected chi connectivity index (χ1v) is 5.32. The molecule has 0 aromatic carbocycles. The fourth-order valence-electron chi connectivity index (χ4n) is 1.75. The molecule has 0 aliphatic heterocycles. The van der Waals surface area contributed by atoms with Crippen molar-refractivity contribution in [3.05, 3.63) is 17.0 Å². The topological polar surface area (TPSA) is 55.1 Å². The van der Waals surface area contributed by atoms with Gasteiger partial charge in [0.05, 0.1) is 12.1 Å². The van der Waals surface area contributed by atoms with Crippen LogP contribution in [-0.2, 0) is 11.2 Å². The van der Waals surface area contributed by atoms with Gasteiger partial charge in [-0.1, -0.05) is 0 Å². The van der Waals surface area contributed by atoms with Crippen LogP contribution in [0.15, 0.2) is 0 Å². The Kier molecular flexibility index (Phi) is 3.54. The van der Waals surface area contributed by atoms with E-state index in [0.717, 1.165) is 0 Å². The highest BCUT2D eigenvalue weighted by Gasteiger charge is 2.40. The molecule has 0 spiro atoms. The molecule has 4 nitrogen and oxygen atoms in total. The van der Waals surface area contributed by atoms with Crippen LogP contribution < -0.4 is 0 Å². The van der Waals surface area contributed by atoms with Gasteiger partial charge in [0.15, 0.2) is 0 Å². The van der Waals surface area contributed by atoms with Gasteiger partial charge in [-0.15, -0.1) is 0 Å². The maximum absolute atomic E-state index is 13.2. The number of hydrogen-bond donors (Lipinski definition) is 1. The Morgan fingerprint density at radius 2 is 2.00 bits per heavy atom. The minimum Gasteiger partial charge on any atom is -0.477 e. The summed E-state index contributed by atoms with van der Waals surface area (Å²) in [5, 5.41) is 12.6. The van der Waals surface area contributed by atoms with E-state index in [1.807, 2.05) is 13.8 Å². The Labute approximate surface area is 98.2 Å². The lowest BCUT2D eigenvalue weighted by atomic mass is 10.1. The second-order valence-electron chi connectivity index (χ2n) is 4.37. The summed E-state index contributed by atoms with van der Waals surface area (Å²) in [6.07, 6.45) is -0.813. The molecule has 0 saturated carbocycles. The minimum absolute atomic E-state index is 0.0564. The summed E-state index contributed by atoms with van der Waals surface area (Å²) in [5.74, 6) is -5.85. The van der Waals surface area contributed by atoms with Crippen LogP contribution >= 0.6 is 0 Å². The second kappa shape index (κ2) is 4.43. The summed E-state index contributed by atoms with van der Waals surface area (Å²) in [7, 11) is 0. The number of halogens is 2. The Balaban J connectivity index is 3.12. The third-order valence-corrected chi connectivity index (χ3v) is 2.68. The lowest BCUT2D eigenvalue weighted by molar-refractivity contribution is -0.164. The molecule has 6 heteroatoms. The molecule has 0 aliphatic rings. The maximum Gasteiger partial charge on any atom is 0.374 e. The van der Waals surface area contributed by atoms with Gasteiger partial charge in [0, 0.05) is 17.3 Å². The lowest BCUT2D eigenvalue weighted by Gasteiger charge is -2.12. The zero-order valence-corrected chi connectivity index (χ0v) is 10.3. The van der Waals surface area contributed by atoms with Crippen molar-refractivity contribution < 1.29 is 18.7 Å². The molecule has 0 fully saturated rings. The normalized spacial score (nSPS) is 12.2. The summed E-state index contributed by atoms with van der Waals surface area (Å²) in [6.45, 7) is 7.06. The van der Waals surface area contributed by atoms with Gasteiger partial charge in [0.25, 0.3) is 0 Å². The molecule has 0 radical (unpaired) electrons. The molecule has 0 amide bonds. The monoisotopic (exact) mass is 246 g/mol. The van der Waals surface area contributed by atoms with Gasteiger partial charge in [-0.3, -0.25) is 4.68 Å². The summed E-state index contributed by atoms with van der Waals surface area (Å²) in [5.41, 5.74) is 1.36. The minimum atomic E-state index is -3.75. The van der Waals surface area contributed by atoms with E-state index in [1.165, 1.54) is 0 Å². The van der Waals surface area contributed by atoms with E-state index in [9.17, 15) is 13.6 Å². The number of carbonyl (C=O) groups is 1. The molecule has 17 heavy (non-hydrogen) atoms. The number of aryl methyl sites for hydroxylation is 1. The van der Waals surface area contributed by atoms with Gasteiger partial charge in [0.2, 0.25) is 0 Å². The van der Waals surface area contributed by atoms with E-state index in [0.29, 0.717) is 17.0 Å². The average Bonchev–Trinajstić information content (AvgIpc) is 2.45. The number of hydrogen-bond acceptors (Lipinski definition) is 2. The van der Waals surface area contributed by atoms with Crippen LogP contribution in [0.4, 0.5) is 8.78 Å². The smallest absolute Gasteiger partial charge is 0.374 e. The summed E-state index contributed by atoms with van der Waals surface area (Å²) >= 11 is 0. The van der Waals surface area contributed by atoms with E-state index in [2.05, 4.69) is 5.10 Å². The van der Waals surface area contributed by atoms with E-state index < -0.39 is 18.3 Å². The standard InChI is InChI=1S/C11H16F2N2O2/c1-6(2)15-8(4)9(7(3)14-15)5-11(12,13)10(16)17/h6H,5H2,1-4H3,(H,16,17). The molecule has 0 bridgehead atoms. The predicted octanol–water partition coefficient (Wildman–Crippen LogP) is 2.34. The van der Waals surface area contributed by atoms with Crippen LogP contribution in [0.1, 0.15) is 36.8 Å². The van der Waals surface area contributed by atoms with Crippen LogP contribution in [0.2, 0.25) is 0 Å². The average molecular weight is 246 g/mol. The highest BCUT2D eigenvalue weighted by Crippen LogP contribution is 2.25. The third-order valence-electron chi connectivity index (χ3n) is 2.68. The largest absolute Gasteiger partial charge is 0.477 e. The molecule has 1 N–H and O–H groups in total. The van der Waals surface area contributed by atoms with Crippen molar-refractivity contribution in [1.82, 2.24) is 9.78 Å². The molecule has 0 unspecified atom stereocenters. The van der Waals surface area contributed by atoms with E-state index in [-0.39, 0.29) is 6.04 Å². The summed E-state index contributed by atoms with van der Waals surface area (Å²) in [6, 6.07) is 0.0564. The van der Waals surface area contributed by atoms with Gasteiger partial charge < -0.3 is 5.11 Å². The Morgan fingerprint density at radius 1 is 1.47 bits per heavy atom. The zero-order valence-electron chi connectivity index (χ0n) is 10.3. The van der Waals surface area contributed by atoms with Crippen molar-refractivity contribution in [3.63, 3.8) is 0 Å². The Bertz CT molecular complexity index is 439. The first-order chi connectivity index (χ1) is 7.66. The molecule has 0 atom stereocenters. The number of carboxylic acids is 1. The number of rotatable bonds is 4. The van der Waals surface area contributed by atoms with Crippen molar-refractivity contribution in [2.24, 2.45) is 0 Å². The Morgan fingerprint density at radius 3 is 2.35 bits per heavy atom. The zero-order chi connectivity index (χ0) is 13.4. The molecule has 1 rings (SSSR count). The number of nitrogens with zero attached hydrogens (tertiary/aromatic N) is 2. The van der Waals surface area contributed by atoms with Crippen LogP contribution in [0.3, 0.4) is 0 Å². The van der Waals surface area contributed by atoms with Crippen LogP contribution in [0.25, 0.3) is 0 Å². The third kappa shape index (κ3) is 2.62. The van der Waals surface area contributed by atoms with Crippen molar-refractivity contribution in [3.8, 4) is 0 Å². The molecular formula is C11H16F2N2O2. The molecule has 0 aliphatic carbocycles. The van der Waals surface area contributed by atoms with E-state index >= 15 is 0 Å². The molecule has 1 heterocycles. The van der Waals surface area contributed by atoms with Gasteiger partial charge in [-0.2, -0.15) is 13.9 Å². The SMILES string of the molecule is Cc1nn(C(C)C)c(C)c1CC(F)(F)C(=O)O. The predicted molar refractivity (Wildman–Crippen MR) is 58.4 cm³/mol. The fourth-order valence-corrected chi connectivity index (χ4v) is 1.75. The van der Waals surface area contributed by atoms with Gasteiger partial charge in [-0.25, -0.2) is 4.79 Å². The van der Waals surface area contributed by atoms with Crippen molar-refractivity contribution in [2.75, 3.05) is 0 Å². The van der Waals surface area contributed by atoms with Crippen LogP contribution in [0.5, 0.6) is 0 Å². The number of carboxylic acid groups (broad SMARTS) is 1.